The molecule has 0 fully saturated rings. The van der Waals surface area contributed by atoms with Crippen molar-refractivity contribution >= 4 is 22.6 Å². The van der Waals surface area contributed by atoms with Gasteiger partial charge in [-0.1, -0.05) is 6.07 Å². The van der Waals surface area contributed by atoms with E-state index < -0.39 is 0 Å². The molecule has 0 atom stereocenters. The Balaban J connectivity index is 1.48. The lowest BCUT2D eigenvalue weighted by Crippen LogP contribution is -2.12. The molecule has 0 aliphatic rings. The number of carbonyl (C=O) groups is 1. The lowest BCUT2D eigenvalue weighted by atomic mass is 10.1. The molecule has 0 saturated carbocycles. The van der Waals surface area contributed by atoms with Gasteiger partial charge in [0.25, 0.3) is 5.91 Å². The quantitative estimate of drug-likeness (QED) is 0.494. The molecule has 1 N–H and O–H groups in total. The van der Waals surface area contributed by atoms with Crippen LogP contribution >= 0.6 is 0 Å². The first-order valence-electron chi connectivity index (χ1n) is 9.78. The van der Waals surface area contributed by atoms with Crippen LogP contribution in [0.15, 0.2) is 54.7 Å². The van der Waals surface area contributed by atoms with E-state index in [1.807, 2.05) is 39.0 Å². The molecule has 0 bridgehead atoms. The molecular formula is C24H22N4O3. The molecule has 4 aromatic rings. The fraction of sp³-hybridized carbons (Fsp3) is 0.167. The number of benzene rings is 2. The van der Waals surface area contributed by atoms with E-state index in [0.717, 1.165) is 22.5 Å². The first-order valence-corrected chi connectivity index (χ1v) is 9.78. The molecule has 2 aromatic carbocycles. The van der Waals surface area contributed by atoms with Crippen molar-refractivity contribution in [3.8, 4) is 17.4 Å². The second kappa shape index (κ2) is 8.39. The summed E-state index contributed by atoms with van der Waals surface area (Å²) in [4.78, 5) is 25.9. The molecule has 0 radical (unpaired) electrons. The number of nitrogens with one attached hydrogen (secondary N) is 1. The van der Waals surface area contributed by atoms with Gasteiger partial charge in [0.1, 0.15) is 0 Å². The minimum absolute atomic E-state index is 0.252. The van der Waals surface area contributed by atoms with Crippen LogP contribution in [0.4, 0.5) is 5.69 Å². The molecule has 2 aromatic heterocycles. The van der Waals surface area contributed by atoms with Crippen LogP contribution in [0, 0.1) is 20.8 Å². The molecule has 0 unspecified atom stereocenters. The summed E-state index contributed by atoms with van der Waals surface area (Å²) in [6, 6.07) is 14.3. The number of amides is 1. The first kappa shape index (κ1) is 20.3. The van der Waals surface area contributed by atoms with E-state index in [0.29, 0.717) is 34.1 Å². The lowest BCUT2D eigenvalue weighted by Gasteiger charge is -2.11. The second-order valence-corrected chi connectivity index (χ2v) is 7.19. The summed E-state index contributed by atoms with van der Waals surface area (Å²) >= 11 is 0. The predicted octanol–water partition coefficient (Wildman–Crippen LogP) is 5.00. The lowest BCUT2D eigenvalue weighted by molar-refractivity contribution is 0.102. The van der Waals surface area contributed by atoms with Crippen molar-refractivity contribution in [1.29, 1.82) is 0 Å². The Kier molecular flexibility index (Phi) is 5.49. The molecule has 1 amide bonds. The van der Waals surface area contributed by atoms with Gasteiger partial charge in [-0.2, -0.15) is 0 Å². The SMILES string of the molecule is COc1cc(C)ccc1Oc1ccc(NC(=O)c2ccc3nc(C)c(C)nc3c2)cn1. The highest BCUT2D eigenvalue weighted by molar-refractivity contribution is 6.05. The van der Waals surface area contributed by atoms with Gasteiger partial charge in [-0.05, 0) is 62.7 Å². The highest BCUT2D eigenvalue weighted by Gasteiger charge is 2.11. The van der Waals surface area contributed by atoms with Crippen LogP contribution in [0.25, 0.3) is 11.0 Å². The number of carbonyl (C=O) groups excluding carboxylic acids is 1. The summed E-state index contributed by atoms with van der Waals surface area (Å²) in [5.41, 5.74) is 5.28. The number of hydrogen-bond donors (Lipinski definition) is 1. The fourth-order valence-electron chi connectivity index (χ4n) is 3.06. The van der Waals surface area contributed by atoms with Gasteiger partial charge >= 0.3 is 0 Å². The monoisotopic (exact) mass is 414 g/mol. The van der Waals surface area contributed by atoms with E-state index in [1.54, 1.807) is 43.6 Å². The zero-order valence-electron chi connectivity index (χ0n) is 17.8. The molecule has 156 valence electrons. The first-order chi connectivity index (χ1) is 14.9. The van der Waals surface area contributed by atoms with Crippen molar-refractivity contribution < 1.29 is 14.3 Å². The average molecular weight is 414 g/mol. The third-order valence-corrected chi connectivity index (χ3v) is 4.87. The Morgan fingerprint density at radius 1 is 0.871 bits per heavy atom. The van der Waals surface area contributed by atoms with E-state index >= 15 is 0 Å². The third-order valence-electron chi connectivity index (χ3n) is 4.87. The molecule has 7 heteroatoms. The number of rotatable bonds is 5. The number of anilines is 1. The highest BCUT2D eigenvalue weighted by atomic mass is 16.5. The fourth-order valence-corrected chi connectivity index (χ4v) is 3.06. The number of aryl methyl sites for hydroxylation is 3. The largest absolute Gasteiger partial charge is 0.493 e. The Bertz CT molecular complexity index is 1270. The standard InChI is InChI=1S/C24H22N4O3/c1-14-5-9-21(22(11-14)30-4)31-23-10-7-18(13-25-23)28-24(29)17-6-8-19-20(12-17)27-16(3)15(2)26-19/h5-13H,1-4H3,(H,28,29). The Hall–Kier alpha value is -4.00. The van der Waals surface area contributed by atoms with Crippen molar-refractivity contribution in [2.45, 2.75) is 20.8 Å². The van der Waals surface area contributed by atoms with E-state index in [2.05, 4.69) is 20.3 Å². The van der Waals surface area contributed by atoms with Crippen LogP contribution in [0.5, 0.6) is 17.4 Å². The van der Waals surface area contributed by atoms with Crippen LogP contribution in [-0.2, 0) is 0 Å². The highest BCUT2D eigenvalue weighted by Crippen LogP contribution is 2.31. The van der Waals surface area contributed by atoms with E-state index in [-0.39, 0.29) is 5.91 Å². The molecular weight excluding hydrogens is 392 g/mol. The maximum atomic E-state index is 12.7. The minimum atomic E-state index is -0.252. The Labute approximate surface area is 180 Å². The van der Waals surface area contributed by atoms with Crippen LogP contribution in [0.1, 0.15) is 27.3 Å². The average Bonchev–Trinajstić information content (AvgIpc) is 2.76. The van der Waals surface area contributed by atoms with Crippen molar-refractivity contribution in [1.82, 2.24) is 15.0 Å². The van der Waals surface area contributed by atoms with Crippen molar-refractivity contribution in [3.05, 3.63) is 77.2 Å². The van der Waals surface area contributed by atoms with Gasteiger partial charge in [0, 0.05) is 11.6 Å². The topological polar surface area (TPSA) is 86.2 Å². The van der Waals surface area contributed by atoms with Crippen LogP contribution in [0.3, 0.4) is 0 Å². The number of aromatic nitrogens is 3. The van der Waals surface area contributed by atoms with Gasteiger partial charge < -0.3 is 14.8 Å². The number of ether oxygens (including phenoxy) is 2. The summed E-state index contributed by atoms with van der Waals surface area (Å²) in [6.45, 7) is 5.79. The number of hydrogen-bond acceptors (Lipinski definition) is 6. The summed E-state index contributed by atoms with van der Waals surface area (Å²) in [6.07, 6.45) is 1.54. The minimum Gasteiger partial charge on any atom is -0.493 e. The van der Waals surface area contributed by atoms with Crippen LogP contribution < -0.4 is 14.8 Å². The molecule has 31 heavy (non-hydrogen) atoms. The molecule has 0 spiro atoms. The zero-order valence-corrected chi connectivity index (χ0v) is 17.8. The van der Waals surface area contributed by atoms with Gasteiger partial charge in [0.05, 0.1) is 41.4 Å². The van der Waals surface area contributed by atoms with Crippen LogP contribution in [0.2, 0.25) is 0 Å². The van der Waals surface area contributed by atoms with Gasteiger partial charge in [0.15, 0.2) is 11.5 Å². The predicted molar refractivity (Wildman–Crippen MR) is 119 cm³/mol. The number of methoxy groups -OCH3 is 1. The number of pyridine rings is 1. The van der Waals surface area contributed by atoms with Gasteiger partial charge in [-0.15, -0.1) is 0 Å². The van der Waals surface area contributed by atoms with Crippen molar-refractivity contribution in [2.24, 2.45) is 0 Å². The summed E-state index contributed by atoms with van der Waals surface area (Å²) < 4.78 is 11.2. The molecule has 0 aliphatic heterocycles. The Morgan fingerprint density at radius 2 is 1.65 bits per heavy atom. The third kappa shape index (κ3) is 4.45. The van der Waals surface area contributed by atoms with Crippen LogP contribution in [-0.4, -0.2) is 28.0 Å². The normalized spacial score (nSPS) is 10.7. The summed E-state index contributed by atoms with van der Waals surface area (Å²) in [5.74, 6) is 1.34. The Morgan fingerprint density at radius 3 is 2.35 bits per heavy atom. The molecule has 4 rings (SSSR count). The molecule has 0 saturated heterocycles. The van der Waals surface area contributed by atoms with Gasteiger partial charge in [-0.3, -0.25) is 4.79 Å². The maximum Gasteiger partial charge on any atom is 0.255 e. The molecule has 0 aliphatic carbocycles. The number of nitrogens with zero attached hydrogens (tertiary/aromatic N) is 3. The maximum absolute atomic E-state index is 12.7. The molecule has 2 heterocycles. The van der Waals surface area contributed by atoms with E-state index in [4.69, 9.17) is 9.47 Å². The van der Waals surface area contributed by atoms with E-state index in [1.165, 1.54) is 0 Å². The van der Waals surface area contributed by atoms with Crippen molar-refractivity contribution in [3.63, 3.8) is 0 Å². The zero-order chi connectivity index (χ0) is 22.0. The summed E-state index contributed by atoms with van der Waals surface area (Å²) in [7, 11) is 1.59. The van der Waals surface area contributed by atoms with Gasteiger partial charge in [0.2, 0.25) is 5.88 Å². The molecule has 7 nitrogen and oxygen atoms in total. The summed E-state index contributed by atoms with van der Waals surface area (Å²) in [5, 5.41) is 2.84. The van der Waals surface area contributed by atoms with Gasteiger partial charge in [-0.25, -0.2) is 15.0 Å². The number of fused-ring (bicyclic) bond motifs is 1. The smallest absolute Gasteiger partial charge is 0.255 e. The van der Waals surface area contributed by atoms with Crippen molar-refractivity contribution in [2.75, 3.05) is 12.4 Å². The van der Waals surface area contributed by atoms with E-state index in [9.17, 15) is 4.79 Å². The second-order valence-electron chi connectivity index (χ2n) is 7.19.